The number of benzene rings is 1. The van der Waals surface area contributed by atoms with Crippen molar-refractivity contribution in [1.82, 2.24) is 25.3 Å². The molecule has 2 heterocycles. The second-order valence-electron chi connectivity index (χ2n) is 7.28. The van der Waals surface area contributed by atoms with E-state index in [-0.39, 0.29) is 24.0 Å². The van der Waals surface area contributed by atoms with Crippen LogP contribution in [0.5, 0.6) is 0 Å². The van der Waals surface area contributed by atoms with Gasteiger partial charge in [-0.15, -0.1) is 24.0 Å². The molecule has 0 bridgehead atoms. The van der Waals surface area contributed by atoms with E-state index in [1.54, 1.807) is 7.05 Å². The number of hydrogen-bond acceptors (Lipinski definition) is 3. The van der Waals surface area contributed by atoms with E-state index in [2.05, 4.69) is 49.9 Å². The summed E-state index contributed by atoms with van der Waals surface area (Å²) in [4.78, 5) is 6.86. The summed E-state index contributed by atoms with van der Waals surface area (Å²) in [6.07, 6.45) is 8.95. The standard InChI is InChI=1S/C21H32N6.HI/c1-22-21(23-11-10-20-15-25-26(2)16-20)24-14-18-6-8-19(9-7-18)17-27-12-4-3-5-13-27;/h6-9,15-16H,3-5,10-14,17H2,1-2H3,(H2,22,23,24);1H. The second kappa shape index (κ2) is 12.1. The number of aryl methyl sites for hydroxylation is 1. The first-order valence-corrected chi connectivity index (χ1v) is 9.95. The van der Waals surface area contributed by atoms with Crippen LogP contribution in [0.2, 0.25) is 0 Å². The molecule has 1 aliphatic heterocycles. The monoisotopic (exact) mass is 496 g/mol. The van der Waals surface area contributed by atoms with Gasteiger partial charge in [-0.1, -0.05) is 30.7 Å². The molecule has 1 fully saturated rings. The van der Waals surface area contributed by atoms with Gasteiger partial charge in [0.05, 0.1) is 6.20 Å². The molecule has 0 unspecified atom stereocenters. The number of rotatable bonds is 7. The van der Waals surface area contributed by atoms with Gasteiger partial charge in [-0.05, 0) is 49.0 Å². The predicted octanol–water partition coefficient (Wildman–Crippen LogP) is 2.93. The van der Waals surface area contributed by atoms with Crippen molar-refractivity contribution in [3.8, 4) is 0 Å². The number of aliphatic imine (C=N–C) groups is 1. The molecule has 1 saturated heterocycles. The van der Waals surface area contributed by atoms with Crippen molar-refractivity contribution in [3.63, 3.8) is 0 Å². The van der Waals surface area contributed by atoms with Crippen molar-refractivity contribution in [2.24, 2.45) is 12.0 Å². The molecule has 3 rings (SSSR count). The number of likely N-dealkylation sites (tertiary alicyclic amines) is 1. The van der Waals surface area contributed by atoms with E-state index in [9.17, 15) is 0 Å². The molecule has 154 valence electrons. The van der Waals surface area contributed by atoms with E-state index < -0.39 is 0 Å². The molecule has 1 aliphatic rings. The Labute approximate surface area is 185 Å². The van der Waals surface area contributed by atoms with E-state index in [1.807, 2.05) is 24.1 Å². The summed E-state index contributed by atoms with van der Waals surface area (Å²) < 4.78 is 1.83. The van der Waals surface area contributed by atoms with Gasteiger partial charge >= 0.3 is 0 Å². The van der Waals surface area contributed by atoms with Crippen molar-refractivity contribution in [2.75, 3.05) is 26.7 Å². The van der Waals surface area contributed by atoms with Crippen LogP contribution in [0.25, 0.3) is 0 Å². The van der Waals surface area contributed by atoms with Gasteiger partial charge in [0.25, 0.3) is 0 Å². The Kier molecular flexibility index (Phi) is 9.77. The van der Waals surface area contributed by atoms with E-state index in [1.165, 1.54) is 49.0 Å². The van der Waals surface area contributed by atoms with Crippen LogP contribution in [0.1, 0.15) is 36.0 Å². The van der Waals surface area contributed by atoms with Crippen molar-refractivity contribution in [2.45, 2.75) is 38.8 Å². The third kappa shape index (κ3) is 7.43. The molecule has 1 aromatic heterocycles. The quantitative estimate of drug-likeness (QED) is 0.352. The molecular weight excluding hydrogens is 463 g/mol. The van der Waals surface area contributed by atoms with Gasteiger partial charge in [0.15, 0.2) is 5.96 Å². The average molecular weight is 496 g/mol. The zero-order valence-electron chi connectivity index (χ0n) is 17.0. The first-order valence-electron chi connectivity index (χ1n) is 9.95. The van der Waals surface area contributed by atoms with Crippen molar-refractivity contribution in [3.05, 3.63) is 53.3 Å². The van der Waals surface area contributed by atoms with E-state index in [0.717, 1.165) is 32.0 Å². The van der Waals surface area contributed by atoms with Crippen LogP contribution in [0, 0.1) is 0 Å². The van der Waals surface area contributed by atoms with Gasteiger partial charge < -0.3 is 10.6 Å². The fourth-order valence-corrected chi connectivity index (χ4v) is 3.47. The lowest BCUT2D eigenvalue weighted by atomic mass is 10.1. The highest BCUT2D eigenvalue weighted by Crippen LogP contribution is 2.13. The average Bonchev–Trinajstić information content (AvgIpc) is 3.11. The largest absolute Gasteiger partial charge is 0.356 e. The lowest BCUT2D eigenvalue weighted by Gasteiger charge is -2.26. The van der Waals surface area contributed by atoms with Crippen LogP contribution in [0.3, 0.4) is 0 Å². The van der Waals surface area contributed by atoms with E-state index in [0.29, 0.717) is 0 Å². The molecule has 28 heavy (non-hydrogen) atoms. The maximum atomic E-state index is 4.30. The lowest BCUT2D eigenvalue weighted by Crippen LogP contribution is -2.37. The fraction of sp³-hybridized carbons (Fsp3) is 0.524. The van der Waals surface area contributed by atoms with Gasteiger partial charge in [0.2, 0.25) is 0 Å². The van der Waals surface area contributed by atoms with Crippen LogP contribution < -0.4 is 10.6 Å². The van der Waals surface area contributed by atoms with Crippen molar-refractivity contribution < 1.29 is 0 Å². The molecule has 0 spiro atoms. The number of halogens is 1. The Balaban J connectivity index is 0.00000280. The zero-order chi connectivity index (χ0) is 18.9. The summed E-state index contributed by atoms with van der Waals surface area (Å²) in [5.74, 6) is 0.830. The van der Waals surface area contributed by atoms with Crippen LogP contribution in [-0.4, -0.2) is 47.3 Å². The Bertz CT molecular complexity index is 719. The summed E-state index contributed by atoms with van der Waals surface area (Å²) in [6.45, 7) is 5.16. The molecule has 0 amide bonds. The molecule has 0 aliphatic carbocycles. The van der Waals surface area contributed by atoms with Gasteiger partial charge in [0.1, 0.15) is 0 Å². The fourth-order valence-electron chi connectivity index (χ4n) is 3.47. The number of hydrogen-bond donors (Lipinski definition) is 2. The van der Waals surface area contributed by atoms with Crippen LogP contribution in [0.4, 0.5) is 0 Å². The van der Waals surface area contributed by atoms with Crippen molar-refractivity contribution >= 4 is 29.9 Å². The molecule has 7 heteroatoms. The van der Waals surface area contributed by atoms with E-state index >= 15 is 0 Å². The van der Waals surface area contributed by atoms with Crippen LogP contribution in [-0.2, 0) is 26.6 Å². The molecule has 1 aromatic carbocycles. The minimum atomic E-state index is 0. The molecule has 2 N–H and O–H groups in total. The maximum Gasteiger partial charge on any atom is 0.191 e. The number of nitrogens with one attached hydrogen (secondary N) is 2. The molecule has 6 nitrogen and oxygen atoms in total. The number of piperidine rings is 1. The second-order valence-corrected chi connectivity index (χ2v) is 7.28. The summed E-state index contributed by atoms with van der Waals surface area (Å²) in [7, 11) is 3.75. The third-order valence-corrected chi connectivity index (χ3v) is 5.03. The maximum absolute atomic E-state index is 4.30. The SMILES string of the molecule is CN=C(NCCc1cnn(C)c1)NCc1ccc(CN2CCCCC2)cc1.I. The smallest absolute Gasteiger partial charge is 0.191 e. The lowest BCUT2D eigenvalue weighted by molar-refractivity contribution is 0.221. The molecule has 0 saturated carbocycles. The van der Waals surface area contributed by atoms with E-state index in [4.69, 9.17) is 0 Å². The van der Waals surface area contributed by atoms with Gasteiger partial charge in [-0.3, -0.25) is 14.6 Å². The summed E-state index contributed by atoms with van der Waals surface area (Å²) >= 11 is 0. The first kappa shape index (κ1) is 22.7. The highest BCUT2D eigenvalue weighted by molar-refractivity contribution is 14.0. The number of aromatic nitrogens is 2. The Morgan fingerprint density at radius 2 is 1.75 bits per heavy atom. The summed E-state index contributed by atoms with van der Waals surface area (Å²) in [5, 5.41) is 10.9. The Morgan fingerprint density at radius 3 is 2.39 bits per heavy atom. The number of guanidine groups is 1. The summed E-state index contributed by atoms with van der Waals surface area (Å²) in [5.41, 5.74) is 3.90. The highest BCUT2D eigenvalue weighted by Gasteiger charge is 2.10. The minimum Gasteiger partial charge on any atom is -0.356 e. The van der Waals surface area contributed by atoms with Gasteiger partial charge in [0, 0.05) is 39.9 Å². The minimum absolute atomic E-state index is 0. The molecular formula is C21H33IN6. The van der Waals surface area contributed by atoms with Crippen LogP contribution in [0.15, 0.2) is 41.7 Å². The first-order chi connectivity index (χ1) is 13.2. The molecule has 2 aromatic rings. The molecule has 0 radical (unpaired) electrons. The van der Waals surface area contributed by atoms with Crippen LogP contribution >= 0.6 is 24.0 Å². The van der Waals surface area contributed by atoms with Crippen molar-refractivity contribution in [1.29, 1.82) is 0 Å². The summed E-state index contributed by atoms with van der Waals surface area (Å²) in [6, 6.07) is 8.94. The predicted molar refractivity (Wildman–Crippen MR) is 126 cm³/mol. The normalized spacial score (nSPS) is 15.1. The topological polar surface area (TPSA) is 57.5 Å². The third-order valence-electron chi connectivity index (χ3n) is 5.03. The zero-order valence-corrected chi connectivity index (χ0v) is 19.4. The highest BCUT2D eigenvalue weighted by atomic mass is 127. The number of nitrogens with zero attached hydrogens (tertiary/aromatic N) is 4. The Hall–Kier alpha value is -1.61. The molecule has 0 atom stereocenters. The Morgan fingerprint density at radius 1 is 1.04 bits per heavy atom. The van der Waals surface area contributed by atoms with Gasteiger partial charge in [-0.2, -0.15) is 5.10 Å². The van der Waals surface area contributed by atoms with Gasteiger partial charge in [-0.25, -0.2) is 0 Å².